The highest BCUT2D eigenvalue weighted by molar-refractivity contribution is 6.17. The molecule has 0 saturated heterocycles. The van der Waals surface area contributed by atoms with Crippen molar-refractivity contribution in [2.75, 3.05) is 11.5 Å². The van der Waals surface area contributed by atoms with Crippen molar-refractivity contribution in [1.29, 1.82) is 0 Å². The molecule has 0 radical (unpaired) electrons. The number of aromatic hydroxyl groups is 1. The van der Waals surface area contributed by atoms with Gasteiger partial charge < -0.3 is 25.7 Å². The van der Waals surface area contributed by atoms with Gasteiger partial charge in [0.05, 0.1) is 23.4 Å². The first-order valence-corrected chi connectivity index (χ1v) is 11.6. The zero-order valence-corrected chi connectivity index (χ0v) is 19.5. The number of hydrogen-bond acceptors (Lipinski definition) is 7. The number of hydrogen-bond donors (Lipinski definition) is 3. The smallest absolute Gasteiger partial charge is 0.315 e. The van der Waals surface area contributed by atoms with Crippen molar-refractivity contribution in [3.63, 3.8) is 0 Å². The van der Waals surface area contributed by atoms with Gasteiger partial charge in [0.2, 0.25) is 0 Å². The quantitative estimate of drug-likeness (QED) is 0.0741. The summed E-state index contributed by atoms with van der Waals surface area (Å²) < 4.78 is 11.6. The summed E-state index contributed by atoms with van der Waals surface area (Å²) in [6.07, 6.45) is 3.60. The molecule has 180 valence electrons. The van der Waals surface area contributed by atoms with Crippen LogP contribution in [0.1, 0.15) is 53.4 Å². The second-order valence-electron chi connectivity index (χ2n) is 8.48. The summed E-state index contributed by atoms with van der Waals surface area (Å²) in [5.41, 5.74) is 13.7. The molecule has 0 fully saturated rings. The summed E-state index contributed by atoms with van der Waals surface area (Å²) in [6.45, 7) is 2.10. The van der Waals surface area contributed by atoms with Gasteiger partial charge in [0, 0.05) is 23.4 Å². The van der Waals surface area contributed by atoms with Gasteiger partial charge in [0.1, 0.15) is 17.1 Å². The van der Waals surface area contributed by atoms with E-state index in [0.717, 1.165) is 24.8 Å². The number of esters is 1. The van der Waals surface area contributed by atoms with E-state index in [4.69, 9.17) is 20.6 Å². The van der Waals surface area contributed by atoms with Crippen LogP contribution in [0.4, 0.5) is 11.4 Å². The Bertz CT molecular complexity index is 1350. The van der Waals surface area contributed by atoms with Crippen LogP contribution in [0.5, 0.6) is 11.5 Å². The molecule has 1 aromatic heterocycles. The number of phenolic OH excluding ortho intramolecular Hbond substituents is 1. The minimum Gasteiger partial charge on any atom is -0.504 e. The lowest BCUT2D eigenvalue weighted by Crippen LogP contribution is -2.11. The molecule has 4 aromatic rings. The van der Waals surface area contributed by atoms with Crippen molar-refractivity contribution in [2.45, 2.75) is 39.0 Å². The fraction of sp³-hybridized carbons (Fsp3) is 0.214. The van der Waals surface area contributed by atoms with E-state index in [1.807, 2.05) is 30.3 Å². The van der Waals surface area contributed by atoms with E-state index in [-0.39, 0.29) is 34.9 Å². The molecule has 0 aliphatic carbocycles. The van der Waals surface area contributed by atoms with E-state index < -0.39 is 5.97 Å². The number of ether oxygens (including phenoxy) is 1. The van der Waals surface area contributed by atoms with Crippen LogP contribution in [0, 0.1) is 0 Å². The van der Waals surface area contributed by atoms with Crippen molar-refractivity contribution in [3.8, 4) is 11.5 Å². The average molecular weight is 473 g/mol. The Hall–Kier alpha value is -4.26. The Morgan fingerprint density at radius 1 is 0.971 bits per heavy atom. The van der Waals surface area contributed by atoms with E-state index in [1.165, 1.54) is 12.1 Å². The van der Waals surface area contributed by atoms with Gasteiger partial charge in [-0.15, -0.1) is 0 Å². The number of benzene rings is 3. The largest absolute Gasteiger partial charge is 0.504 e. The van der Waals surface area contributed by atoms with Crippen molar-refractivity contribution in [2.24, 2.45) is 0 Å². The third-order valence-corrected chi connectivity index (χ3v) is 5.82. The third-order valence-electron chi connectivity index (χ3n) is 5.82. The molecule has 0 aliphatic rings. The van der Waals surface area contributed by atoms with Crippen molar-refractivity contribution in [1.82, 2.24) is 0 Å². The first-order valence-electron chi connectivity index (χ1n) is 11.6. The SMILES string of the molecule is CCCCCc1oc2cc(OC(=O)Cc3ccccc3)ccc2c1C(=O)c1cc(N)c(O)c(N)c1. The maximum atomic E-state index is 13.5. The summed E-state index contributed by atoms with van der Waals surface area (Å²) in [5, 5.41) is 10.5. The van der Waals surface area contributed by atoms with E-state index >= 15 is 0 Å². The number of carbonyl (C=O) groups is 2. The molecule has 3 aromatic carbocycles. The molecule has 7 heteroatoms. The maximum Gasteiger partial charge on any atom is 0.315 e. The fourth-order valence-corrected chi connectivity index (χ4v) is 4.04. The molecule has 0 unspecified atom stereocenters. The Morgan fingerprint density at radius 2 is 1.69 bits per heavy atom. The van der Waals surface area contributed by atoms with Crippen LogP contribution < -0.4 is 16.2 Å². The van der Waals surface area contributed by atoms with E-state index in [2.05, 4.69) is 6.92 Å². The average Bonchev–Trinajstić information content (AvgIpc) is 3.19. The molecular weight excluding hydrogens is 444 g/mol. The molecule has 0 atom stereocenters. The molecule has 0 aliphatic heterocycles. The Kier molecular flexibility index (Phi) is 7.06. The summed E-state index contributed by atoms with van der Waals surface area (Å²) >= 11 is 0. The van der Waals surface area contributed by atoms with E-state index in [9.17, 15) is 14.7 Å². The lowest BCUT2D eigenvalue weighted by molar-refractivity contribution is -0.133. The van der Waals surface area contributed by atoms with E-state index in [0.29, 0.717) is 34.5 Å². The Morgan fingerprint density at radius 3 is 2.37 bits per heavy atom. The number of unbranched alkanes of at least 4 members (excludes halogenated alkanes) is 2. The fourth-order valence-electron chi connectivity index (χ4n) is 4.04. The van der Waals surface area contributed by atoms with E-state index in [1.54, 1.807) is 18.2 Å². The molecule has 7 nitrogen and oxygen atoms in total. The van der Waals surface area contributed by atoms with Crippen LogP contribution in [0.2, 0.25) is 0 Å². The minimum absolute atomic E-state index is 0.0290. The molecule has 5 N–H and O–H groups in total. The van der Waals surface area contributed by atoms with Gasteiger partial charge in [0.25, 0.3) is 0 Å². The molecule has 1 heterocycles. The van der Waals surface area contributed by atoms with Crippen molar-refractivity contribution >= 4 is 34.1 Å². The zero-order chi connectivity index (χ0) is 24.9. The highest BCUT2D eigenvalue weighted by atomic mass is 16.5. The van der Waals surface area contributed by atoms with Crippen LogP contribution >= 0.6 is 0 Å². The Balaban J connectivity index is 1.67. The highest BCUT2D eigenvalue weighted by Gasteiger charge is 2.24. The van der Waals surface area contributed by atoms with Crippen LogP contribution in [-0.2, 0) is 17.6 Å². The second kappa shape index (κ2) is 10.3. The summed E-state index contributed by atoms with van der Waals surface area (Å²) in [4.78, 5) is 25.9. The third kappa shape index (κ3) is 5.30. The van der Waals surface area contributed by atoms with Gasteiger partial charge in [-0.1, -0.05) is 50.1 Å². The highest BCUT2D eigenvalue weighted by Crippen LogP contribution is 2.35. The summed E-state index contributed by atoms with van der Waals surface area (Å²) in [6, 6.07) is 17.1. The standard InChI is InChI=1S/C28H28N2O5/c1-2-3-5-10-23-26(27(32)18-14-21(29)28(33)22(30)15-18)20-12-11-19(16-24(20)35-23)34-25(31)13-17-8-6-4-7-9-17/h4,6-9,11-12,14-16,33H,2-3,5,10,13,29-30H2,1H3. The molecule has 35 heavy (non-hydrogen) atoms. The molecule has 0 bridgehead atoms. The van der Waals surface area contributed by atoms with Crippen LogP contribution in [0.3, 0.4) is 0 Å². The minimum atomic E-state index is -0.392. The zero-order valence-electron chi connectivity index (χ0n) is 19.5. The lowest BCUT2D eigenvalue weighted by atomic mass is 9.97. The molecule has 0 amide bonds. The van der Waals surface area contributed by atoms with Gasteiger partial charge >= 0.3 is 5.97 Å². The van der Waals surface area contributed by atoms with Crippen molar-refractivity contribution in [3.05, 3.63) is 83.1 Å². The summed E-state index contributed by atoms with van der Waals surface area (Å²) in [7, 11) is 0. The van der Waals surface area contributed by atoms with Gasteiger partial charge in [-0.05, 0) is 36.2 Å². The predicted octanol–water partition coefficient (Wildman–Crippen LogP) is 5.41. The van der Waals surface area contributed by atoms with Crippen LogP contribution in [0.15, 0.2) is 65.1 Å². The molecular formula is C28H28N2O5. The number of rotatable bonds is 9. The lowest BCUT2D eigenvalue weighted by Gasteiger charge is -2.08. The number of furan rings is 1. The van der Waals surface area contributed by atoms with Crippen LogP contribution in [0.25, 0.3) is 11.0 Å². The first kappa shape index (κ1) is 23.9. The number of aryl methyl sites for hydroxylation is 1. The predicted molar refractivity (Wildman–Crippen MR) is 136 cm³/mol. The number of nitrogen functional groups attached to an aromatic ring is 2. The monoisotopic (exact) mass is 472 g/mol. The van der Waals surface area contributed by atoms with Gasteiger partial charge in [-0.2, -0.15) is 0 Å². The molecule has 4 rings (SSSR count). The first-order chi connectivity index (χ1) is 16.9. The van der Waals surface area contributed by atoms with Gasteiger partial charge in [-0.25, -0.2) is 0 Å². The van der Waals surface area contributed by atoms with Gasteiger partial charge in [-0.3, -0.25) is 9.59 Å². The molecule has 0 saturated carbocycles. The number of ketones is 1. The van der Waals surface area contributed by atoms with Gasteiger partial charge in [0.15, 0.2) is 11.5 Å². The van der Waals surface area contributed by atoms with Crippen molar-refractivity contribution < 1.29 is 23.8 Å². The number of fused-ring (bicyclic) bond motifs is 1. The number of phenols is 1. The normalized spacial score (nSPS) is 11.0. The van der Waals surface area contributed by atoms with Crippen LogP contribution in [-0.4, -0.2) is 16.9 Å². The summed E-state index contributed by atoms with van der Waals surface area (Å²) in [5.74, 6) is -0.0522. The number of carbonyl (C=O) groups excluding carboxylic acids is 2. The second-order valence-corrected chi connectivity index (χ2v) is 8.48. The molecule has 0 spiro atoms. The Labute approximate surface area is 203 Å². The number of nitrogens with two attached hydrogens (primary N) is 2. The number of anilines is 2. The topological polar surface area (TPSA) is 129 Å². The maximum absolute atomic E-state index is 13.5.